The molecule has 1 N–H and O–H groups in total. The normalized spacial score (nSPS) is 18.6. The minimum atomic E-state index is 0.578. The first-order valence-corrected chi connectivity index (χ1v) is 9.89. The molecule has 9 nitrogen and oxygen atoms in total. The number of nitrogens with one attached hydrogen (secondary N) is 1. The Morgan fingerprint density at radius 1 is 1.19 bits per heavy atom. The predicted molar refractivity (Wildman–Crippen MR) is 101 cm³/mol. The Bertz CT molecular complexity index is 746. The lowest BCUT2D eigenvalue weighted by molar-refractivity contribution is 0.169. The molecule has 4 rings (SSSR count). The lowest BCUT2D eigenvalue weighted by Gasteiger charge is -2.36. The van der Waals surface area contributed by atoms with Crippen LogP contribution in [0.1, 0.15) is 37.1 Å². The van der Waals surface area contributed by atoms with Gasteiger partial charge < -0.3 is 19.3 Å². The zero-order valence-corrected chi connectivity index (χ0v) is 16.0. The third-order valence-corrected chi connectivity index (χ3v) is 5.19. The molecule has 0 unspecified atom stereocenters. The largest absolute Gasteiger partial charge is 0.364 e. The van der Waals surface area contributed by atoms with E-state index in [4.69, 9.17) is 9.52 Å². The number of aliphatic imine (C=N–C) groups is 1. The molecule has 0 bridgehead atoms. The zero-order valence-electron chi connectivity index (χ0n) is 16.0. The summed E-state index contributed by atoms with van der Waals surface area (Å²) in [4.78, 5) is 9.58. The SMILES string of the molecule is CCNC(=NCc1nnc2n1CCCC2)N1CCN(Cc2ccon2)CC1. The van der Waals surface area contributed by atoms with Gasteiger partial charge in [-0.25, -0.2) is 4.99 Å². The summed E-state index contributed by atoms with van der Waals surface area (Å²) in [6, 6.07) is 1.93. The van der Waals surface area contributed by atoms with Gasteiger partial charge in [0.15, 0.2) is 11.8 Å². The number of hydrogen-bond donors (Lipinski definition) is 1. The maximum atomic E-state index is 4.92. The van der Waals surface area contributed by atoms with E-state index >= 15 is 0 Å². The first-order valence-electron chi connectivity index (χ1n) is 9.89. The molecule has 0 amide bonds. The highest BCUT2D eigenvalue weighted by Crippen LogP contribution is 2.15. The van der Waals surface area contributed by atoms with E-state index in [1.807, 2.05) is 6.07 Å². The van der Waals surface area contributed by atoms with Crippen LogP contribution in [-0.2, 0) is 26.1 Å². The van der Waals surface area contributed by atoms with Gasteiger partial charge in [0.1, 0.15) is 18.6 Å². The van der Waals surface area contributed by atoms with Crippen LogP contribution in [-0.4, -0.2) is 68.4 Å². The number of fused-ring (bicyclic) bond motifs is 1. The van der Waals surface area contributed by atoms with Crippen molar-refractivity contribution in [2.45, 2.75) is 45.8 Å². The first kappa shape index (κ1) is 18.0. The first-order chi connectivity index (χ1) is 13.3. The molecule has 2 aromatic rings. The molecule has 9 heteroatoms. The summed E-state index contributed by atoms with van der Waals surface area (Å²) in [5.74, 6) is 3.05. The van der Waals surface area contributed by atoms with Crippen LogP contribution in [0.4, 0.5) is 0 Å². The van der Waals surface area contributed by atoms with E-state index in [2.05, 4.69) is 42.0 Å². The molecule has 27 heavy (non-hydrogen) atoms. The molecule has 0 saturated carbocycles. The van der Waals surface area contributed by atoms with E-state index in [0.29, 0.717) is 6.54 Å². The number of aryl methyl sites for hydroxylation is 1. The summed E-state index contributed by atoms with van der Waals surface area (Å²) in [5.41, 5.74) is 0.987. The van der Waals surface area contributed by atoms with E-state index in [9.17, 15) is 0 Å². The van der Waals surface area contributed by atoms with Gasteiger partial charge in [0.25, 0.3) is 0 Å². The van der Waals surface area contributed by atoms with Crippen molar-refractivity contribution in [2.75, 3.05) is 32.7 Å². The minimum Gasteiger partial charge on any atom is -0.364 e. The Hall–Kier alpha value is -2.42. The Morgan fingerprint density at radius 3 is 2.85 bits per heavy atom. The average molecular weight is 372 g/mol. The Balaban J connectivity index is 1.36. The number of rotatable bonds is 5. The third kappa shape index (κ3) is 4.29. The van der Waals surface area contributed by atoms with Gasteiger partial charge in [-0.3, -0.25) is 4.90 Å². The highest BCUT2D eigenvalue weighted by atomic mass is 16.5. The highest BCUT2D eigenvalue weighted by Gasteiger charge is 2.21. The summed E-state index contributed by atoms with van der Waals surface area (Å²) >= 11 is 0. The van der Waals surface area contributed by atoms with Gasteiger partial charge in [-0.2, -0.15) is 0 Å². The van der Waals surface area contributed by atoms with Gasteiger partial charge in [-0.05, 0) is 19.8 Å². The molecule has 4 heterocycles. The zero-order chi connectivity index (χ0) is 18.5. The highest BCUT2D eigenvalue weighted by molar-refractivity contribution is 5.80. The summed E-state index contributed by atoms with van der Waals surface area (Å²) < 4.78 is 7.17. The molecule has 0 atom stereocenters. The summed E-state index contributed by atoms with van der Waals surface area (Å²) in [7, 11) is 0. The van der Waals surface area contributed by atoms with E-state index in [1.54, 1.807) is 6.26 Å². The molecule has 0 aliphatic carbocycles. The van der Waals surface area contributed by atoms with Crippen molar-refractivity contribution < 1.29 is 4.52 Å². The van der Waals surface area contributed by atoms with Crippen LogP contribution in [0.5, 0.6) is 0 Å². The Morgan fingerprint density at radius 2 is 2.07 bits per heavy atom. The van der Waals surface area contributed by atoms with Crippen LogP contribution < -0.4 is 5.32 Å². The maximum absolute atomic E-state index is 4.92. The molecule has 2 aromatic heterocycles. The average Bonchev–Trinajstić information content (AvgIpc) is 3.36. The van der Waals surface area contributed by atoms with Gasteiger partial charge in [0.05, 0.1) is 5.69 Å². The monoisotopic (exact) mass is 372 g/mol. The van der Waals surface area contributed by atoms with Gasteiger partial charge in [-0.1, -0.05) is 5.16 Å². The molecule has 2 aliphatic rings. The number of hydrogen-bond acceptors (Lipinski definition) is 6. The van der Waals surface area contributed by atoms with E-state index in [-0.39, 0.29) is 0 Å². The van der Waals surface area contributed by atoms with Crippen LogP contribution in [0.15, 0.2) is 21.8 Å². The van der Waals surface area contributed by atoms with Gasteiger partial charge in [0.2, 0.25) is 0 Å². The fraction of sp³-hybridized carbons (Fsp3) is 0.667. The quantitative estimate of drug-likeness (QED) is 0.616. The molecular weight excluding hydrogens is 344 g/mol. The Labute approximate surface area is 159 Å². The van der Waals surface area contributed by atoms with Crippen molar-refractivity contribution in [1.82, 2.24) is 35.0 Å². The van der Waals surface area contributed by atoms with Crippen molar-refractivity contribution in [3.05, 3.63) is 29.7 Å². The van der Waals surface area contributed by atoms with Gasteiger partial charge in [0, 0.05) is 58.3 Å². The smallest absolute Gasteiger partial charge is 0.194 e. The number of aromatic nitrogens is 4. The molecule has 0 radical (unpaired) electrons. The Kier molecular flexibility index (Phi) is 5.66. The summed E-state index contributed by atoms with van der Waals surface area (Å²) in [5, 5.41) is 16.1. The number of piperazine rings is 1. The van der Waals surface area contributed by atoms with Crippen molar-refractivity contribution in [1.29, 1.82) is 0 Å². The van der Waals surface area contributed by atoms with Crippen molar-refractivity contribution >= 4 is 5.96 Å². The molecule has 1 saturated heterocycles. The summed E-state index contributed by atoms with van der Waals surface area (Å²) in [6.45, 7) is 9.26. The van der Waals surface area contributed by atoms with Gasteiger partial charge >= 0.3 is 0 Å². The van der Waals surface area contributed by atoms with Crippen LogP contribution >= 0.6 is 0 Å². The van der Waals surface area contributed by atoms with E-state index in [0.717, 1.165) is 75.5 Å². The topological polar surface area (TPSA) is 87.6 Å². The molecule has 146 valence electrons. The van der Waals surface area contributed by atoms with Crippen LogP contribution in [0.25, 0.3) is 0 Å². The maximum Gasteiger partial charge on any atom is 0.194 e. The second-order valence-corrected chi connectivity index (χ2v) is 7.07. The predicted octanol–water partition coefficient (Wildman–Crippen LogP) is 0.886. The third-order valence-electron chi connectivity index (χ3n) is 5.19. The number of nitrogens with zero attached hydrogens (tertiary/aromatic N) is 7. The van der Waals surface area contributed by atoms with E-state index < -0.39 is 0 Å². The molecular formula is C18H28N8O. The minimum absolute atomic E-state index is 0.578. The van der Waals surface area contributed by atoms with Gasteiger partial charge in [-0.15, -0.1) is 10.2 Å². The van der Waals surface area contributed by atoms with Crippen molar-refractivity contribution in [3.8, 4) is 0 Å². The lowest BCUT2D eigenvalue weighted by Crippen LogP contribution is -2.52. The van der Waals surface area contributed by atoms with E-state index in [1.165, 1.54) is 12.8 Å². The van der Waals surface area contributed by atoms with Crippen LogP contribution in [0.3, 0.4) is 0 Å². The molecule has 0 spiro atoms. The second-order valence-electron chi connectivity index (χ2n) is 7.07. The lowest BCUT2D eigenvalue weighted by atomic mass is 10.2. The second kappa shape index (κ2) is 8.51. The number of guanidine groups is 1. The molecule has 2 aliphatic heterocycles. The fourth-order valence-electron chi connectivity index (χ4n) is 3.72. The standard InChI is InChI=1S/C18H28N8O/c1-2-19-18(20-13-17-22-21-16-5-3-4-7-26(16)17)25-10-8-24(9-11-25)14-15-6-12-27-23-15/h6,12H,2-5,7-11,13-14H2,1H3,(H,19,20). The molecule has 0 aromatic carbocycles. The molecule has 1 fully saturated rings. The van der Waals surface area contributed by atoms with Crippen molar-refractivity contribution in [3.63, 3.8) is 0 Å². The fourth-order valence-corrected chi connectivity index (χ4v) is 3.72. The van der Waals surface area contributed by atoms with Crippen LogP contribution in [0, 0.1) is 0 Å². The van der Waals surface area contributed by atoms with Crippen molar-refractivity contribution in [2.24, 2.45) is 4.99 Å². The summed E-state index contributed by atoms with van der Waals surface area (Å²) in [6.07, 6.45) is 5.08. The van der Waals surface area contributed by atoms with Crippen LogP contribution in [0.2, 0.25) is 0 Å².